The van der Waals surface area contributed by atoms with Crippen molar-refractivity contribution in [2.45, 2.75) is 32.8 Å². The number of nitrogens with zero attached hydrogens (tertiary/aromatic N) is 3. The molecule has 5 nitrogen and oxygen atoms in total. The van der Waals surface area contributed by atoms with Gasteiger partial charge in [-0.15, -0.1) is 0 Å². The Balaban J connectivity index is 2.38. The number of rotatable bonds is 4. The largest absolute Gasteiger partial charge is 0.434 e. The molecule has 1 heterocycles. The number of aromatic nitrogens is 3. The van der Waals surface area contributed by atoms with Crippen LogP contribution in [0, 0.1) is 4.77 Å². The van der Waals surface area contributed by atoms with Crippen LogP contribution in [0.4, 0.5) is 8.78 Å². The number of aromatic amines is 1. The summed E-state index contributed by atoms with van der Waals surface area (Å²) < 4.78 is 31.0. The Hall–Kier alpha value is -2.09. The third-order valence-corrected chi connectivity index (χ3v) is 3.03. The van der Waals surface area contributed by atoms with Gasteiger partial charge < -0.3 is 4.74 Å². The molecule has 0 radical (unpaired) electrons. The number of para-hydroxylation sites is 1. The highest BCUT2D eigenvalue weighted by molar-refractivity contribution is 7.71. The Morgan fingerprint density at radius 2 is 2.05 bits per heavy atom. The molecule has 0 aliphatic carbocycles. The van der Waals surface area contributed by atoms with Gasteiger partial charge in [0.25, 0.3) is 0 Å². The van der Waals surface area contributed by atoms with Crippen LogP contribution >= 0.6 is 12.2 Å². The molecule has 2 aromatic rings. The summed E-state index contributed by atoms with van der Waals surface area (Å²) in [6.07, 6.45) is 1.41. The smallest absolute Gasteiger partial charge is 0.387 e. The van der Waals surface area contributed by atoms with Crippen molar-refractivity contribution in [1.82, 2.24) is 14.9 Å². The zero-order chi connectivity index (χ0) is 16.3. The average molecular weight is 326 g/mol. The molecule has 0 unspecified atom stereocenters. The molecule has 0 saturated heterocycles. The van der Waals surface area contributed by atoms with Crippen molar-refractivity contribution < 1.29 is 13.5 Å². The number of benzene rings is 1. The maximum atomic E-state index is 12.4. The highest BCUT2D eigenvalue weighted by Crippen LogP contribution is 2.21. The van der Waals surface area contributed by atoms with E-state index in [2.05, 4.69) is 20.0 Å². The van der Waals surface area contributed by atoms with Crippen molar-refractivity contribution in [3.8, 4) is 5.75 Å². The maximum absolute atomic E-state index is 12.4. The topological polar surface area (TPSA) is 55.2 Å². The molecule has 0 atom stereocenters. The summed E-state index contributed by atoms with van der Waals surface area (Å²) in [6.45, 7) is 3.02. The Bertz CT molecular complexity index is 731. The van der Waals surface area contributed by atoms with E-state index in [1.807, 2.05) is 20.8 Å². The third kappa shape index (κ3) is 3.76. The molecule has 1 N–H and O–H groups in total. The van der Waals surface area contributed by atoms with Crippen LogP contribution in [0.5, 0.6) is 5.75 Å². The molecular formula is C14H16F2N4OS. The maximum Gasteiger partial charge on any atom is 0.387 e. The first kappa shape index (κ1) is 16.3. The van der Waals surface area contributed by atoms with E-state index in [4.69, 9.17) is 12.2 Å². The van der Waals surface area contributed by atoms with Crippen LogP contribution in [0.25, 0.3) is 0 Å². The molecule has 0 amide bonds. The number of hydrogen-bond acceptors (Lipinski definition) is 4. The fraction of sp³-hybridized carbons (Fsp3) is 0.357. The summed E-state index contributed by atoms with van der Waals surface area (Å²) >= 11 is 5.14. The van der Waals surface area contributed by atoms with Gasteiger partial charge in [0, 0.05) is 11.0 Å². The van der Waals surface area contributed by atoms with E-state index in [0.717, 1.165) is 0 Å². The Morgan fingerprint density at radius 1 is 1.36 bits per heavy atom. The fourth-order valence-electron chi connectivity index (χ4n) is 1.79. The molecule has 0 spiro atoms. The predicted molar refractivity (Wildman–Crippen MR) is 82.2 cm³/mol. The van der Waals surface area contributed by atoms with Crippen LogP contribution in [-0.4, -0.2) is 27.7 Å². The number of H-pyrrole nitrogens is 1. The lowest BCUT2D eigenvalue weighted by atomic mass is 9.96. The Kier molecular flexibility index (Phi) is 4.70. The molecule has 0 fully saturated rings. The minimum absolute atomic E-state index is 0.0496. The minimum atomic E-state index is -2.89. The summed E-state index contributed by atoms with van der Waals surface area (Å²) in [6, 6.07) is 6.40. The summed E-state index contributed by atoms with van der Waals surface area (Å²) in [5.41, 5.74) is 0.148. The van der Waals surface area contributed by atoms with E-state index in [1.54, 1.807) is 18.2 Å². The summed E-state index contributed by atoms with van der Waals surface area (Å²) in [7, 11) is 0. The van der Waals surface area contributed by atoms with Gasteiger partial charge in [-0.05, 0) is 24.4 Å². The zero-order valence-corrected chi connectivity index (χ0v) is 13.2. The number of nitrogens with one attached hydrogen (secondary N) is 1. The number of hydrogen-bond donors (Lipinski definition) is 1. The molecule has 8 heteroatoms. The van der Waals surface area contributed by atoms with Crippen molar-refractivity contribution in [3.05, 3.63) is 40.4 Å². The quantitative estimate of drug-likeness (QED) is 0.688. The lowest BCUT2D eigenvalue weighted by Crippen LogP contribution is -2.17. The first-order chi connectivity index (χ1) is 10.3. The van der Waals surface area contributed by atoms with Crippen LogP contribution in [0.15, 0.2) is 29.4 Å². The predicted octanol–water partition coefficient (Wildman–Crippen LogP) is 3.72. The highest BCUT2D eigenvalue weighted by atomic mass is 32.1. The van der Waals surface area contributed by atoms with E-state index < -0.39 is 6.61 Å². The lowest BCUT2D eigenvalue weighted by molar-refractivity contribution is -0.0499. The molecule has 1 aromatic heterocycles. The first-order valence-electron chi connectivity index (χ1n) is 6.55. The number of halogens is 2. The van der Waals surface area contributed by atoms with Gasteiger partial charge in [-0.1, -0.05) is 32.9 Å². The van der Waals surface area contributed by atoms with Crippen molar-refractivity contribution >= 4 is 18.4 Å². The summed E-state index contributed by atoms with van der Waals surface area (Å²) in [4.78, 5) is 0. The van der Waals surface area contributed by atoms with Gasteiger partial charge in [0.2, 0.25) is 4.77 Å². The van der Waals surface area contributed by atoms with E-state index >= 15 is 0 Å². The van der Waals surface area contributed by atoms with E-state index in [9.17, 15) is 8.78 Å². The van der Waals surface area contributed by atoms with E-state index in [-0.39, 0.29) is 11.2 Å². The molecule has 22 heavy (non-hydrogen) atoms. The van der Waals surface area contributed by atoms with Gasteiger partial charge in [0.15, 0.2) is 5.82 Å². The third-order valence-electron chi connectivity index (χ3n) is 2.77. The molecule has 0 aliphatic heterocycles. The fourth-order valence-corrected chi connectivity index (χ4v) is 1.97. The molecular weight excluding hydrogens is 310 g/mol. The molecule has 0 saturated carbocycles. The van der Waals surface area contributed by atoms with Crippen LogP contribution in [-0.2, 0) is 5.41 Å². The van der Waals surface area contributed by atoms with Crippen LogP contribution in [0.1, 0.15) is 32.2 Å². The monoisotopic (exact) mass is 326 g/mol. The Labute approximate surface area is 131 Å². The second kappa shape index (κ2) is 6.35. The zero-order valence-electron chi connectivity index (χ0n) is 12.4. The second-order valence-corrected chi connectivity index (χ2v) is 5.96. The standard InChI is InChI=1S/C14H16F2N4OS/c1-14(2,3)11-18-19-13(22)20(11)17-8-9-6-4-5-7-10(9)21-12(15)16/h4-8,12H,1-3H3,(H,19,22)/b17-8-. The van der Waals surface area contributed by atoms with Crippen molar-refractivity contribution in [3.63, 3.8) is 0 Å². The first-order valence-corrected chi connectivity index (χ1v) is 6.96. The second-order valence-electron chi connectivity index (χ2n) is 5.58. The molecule has 0 aliphatic rings. The van der Waals surface area contributed by atoms with Crippen LogP contribution < -0.4 is 4.74 Å². The summed E-state index contributed by atoms with van der Waals surface area (Å²) in [5, 5.41) is 11.1. The average Bonchev–Trinajstić information content (AvgIpc) is 2.78. The number of alkyl halides is 2. The van der Waals surface area contributed by atoms with E-state index in [0.29, 0.717) is 16.2 Å². The SMILES string of the molecule is CC(C)(C)c1n[nH]c(=S)n1/N=C\c1ccccc1OC(F)F. The number of ether oxygens (including phenoxy) is 1. The Morgan fingerprint density at radius 3 is 2.68 bits per heavy atom. The van der Waals surface area contributed by atoms with Crippen LogP contribution in [0.3, 0.4) is 0 Å². The van der Waals surface area contributed by atoms with Gasteiger partial charge in [0.1, 0.15) is 5.75 Å². The van der Waals surface area contributed by atoms with Gasteiger partial charge in [-0.25, -0.2) is 0 Å². The minimum Gasteiger partial charge on any atom is -0.434 e. The molecule has 118 valence electrons. The molecule has 0 bridgehead atoms. The highest BCUT2D eigenvalue weighted by Gasteiger charge is 2.21. The van der Waals surface area contributed by atoms with Crippen molar-refractivity contribution in [2.24, 2.45) is 5.10 Å². The van der Waals surface area contributed by atoms with Crippen molar-refractivity contribution in [1.29, 1.82) is 0 Å². The van der Waals surface area contributed by atoms with Gasteiger partial charge in [0.05, 0.1) is 6.21 Å². The van der Waals surface area contributed by atoms with Gasteiger partial charge in [-0.3, -0.25) is 5.10 Å². The summed E-state index contributed by atoms with van der Waals surface area (Å²) in [5.74, 6) is 0.689. The van der Waals surface area contributed by atoms with Crippen LogP contribution in [0.2, 0.25) is 0 Å². The van der Waals surface area contributed by atoms with Crippen molar-refractivity contribution in [2.75, 3.05) is 0 Å². The molecule has 2 rings (SSSR count). The molecule has 1 aromatic carbocycles. The van der Waals surface area contributed by atoms with Gasteiger partial charge in [-0.2, -0.15) is 23.7 Å². The van der Waals surface area contributed by atoms with E-state index in [1.165, 1.54) is 17.0 Å². The lowest BCUT2D eigenvalue weighted by Gasteiger charge is -2.15. The van der Waals surface area contributed by atoms with Gasteiger partial charge >= 0.3 is 6.61 Å². The normalized spacial score (nSPS) is 12.3.